The summed E-state index contributed by atoms with van der Waals surface area (Å²) >= 11 is 0. The molecule has 1 saturated heterocycles. The lowest BCUT2D eigenvalue weighted by Crippen LogP contribution is -2.45. The second-order valence-corrected chi connectivity index (χ2v) is 5.14. The van der Waals surface area contributed by atoms with E-state index in [1.54, 1.807) is 0 Å². The molecule has 1 heterocycles. The molecular weight excluding hydrogens is 226 g/mol. The van der Waals surface area contributed by atoms with Gasteiger partial charge in [0.2, 0.25) is 5.91 Å². The number of hydrogen-bond acceptors (Lipinski definition) is 3. The number of rotatable bonds is 8. The first-order valence-electron chi connectivity index (χ1n) is 7.43. The molecule has 0 radical (unpaired) electrons. The van der Waals surface area contributed by atoms with Gasteiger partial charge in [-0.05, 0) is 39.3 Å². The zero-order valence-electron chi connectivity index (χ0n) is 12.2. The van der Waals surface area contributed by atoms with Gasteiger partial charge in [0, 0.05) is 26.2 Å². The minimum atomic E-state index is -0.0385. The summed E-state index contributed by atoms with van der Waals surface area (Å²) in [5, 5.41) is 3.35. The Kier molecular flexibility index (Phi) is 7.28. The molecule has 18 heavy (non-hydrogen) atoms. The highest BCUT2D eigenvalue weighted by Gasteiger charge is 2.22. The monoisotopic (exact) mass is 255 g/mol. The maximum atomic E-state index is 12.1. The van der Waals surface area contributed by atoms with Crippen LogP contribution in [-0.2, 0) is 4.79 Å². The summed E-state index contributed by atoms with van der Waals surface area (Å²) in [6.45, 7) is 12.4. The topological polar surface area (TPSA) is 35.6 Å². The van der Waals surface area contributed by atoms with Crippen LogP contribution < -0.4 is 5.32 Å². The third kappa shape index (κ3) is 4.94. The molecule has 1 aliphatic heterocycles. The van der Waals surface area contributed by atoms with E-state index in [-0.39, 0.29) is 11.9 Å². The molecule has 1 aliphatic rings. The first-order valence-corrected chi connectivity index (χ1v) is 7.43. The molecule has 4 heteroatoms. The molecule has 106 valence electrons. The predicted octanol–water partition coefficient (Wildman–Crippen LogP) is 1.32. The lowest BCUT2D eigenvalue weighted by atomic mass is 10.3. The number of likely N-dealkylation sites (tertiary alicyclic amines) is 1. The van der Waals surface area contributed by atoms with Crippen molar-refractivity contribution in [2.45, 2.75) is 46.1 Å². The molecule has 0 aromatic heterocycles. The van der Waals surface area contributed by atoms with Crippen molar-refractivity contribution >= 4 is 5.91 Å². The van der Waals surface area contributed by atoms with E-state index in [1.165, 1.54) is 19.3 Å². The van der Waals surface area contributed by atoms with E-state index in [0.717, 1.165) is 39.3 Å². The molecule has 0 spiro atoms. The quantitative estimate of drug-likeness (QED) is 0.710. The first kappa shape index (κ1) is 15.4. The van der Waals surface area contributed by atoms with Crippen molar-refractivity contribution in [2.75, 3.05) is 39.3 Å². The third-order valence-corrected chi connectivity index (χ3v) is 3.65. The lowest BCUT2D eigenvalue weighted by Gasteiger charge is -2.23. The van der Waals surface area contributed by atoms with E-state index >= 15 is 0 Å². The summed E-state index contributed by atoms with van der Waals surface area (Å²) < 4.78 is 0. The van der Waals surface area contributed by atoms with E-state index < -0.39 is 0 Å². The number of nitrogens with one attached hydrogen (secondary N) is 1. The normalized spacial score (nSPS) is 17.4. The van der Waals surface area contributed by atoms with Gasteiger partial charge in [0.1, 0.15) is 0 Å². The number of amides is 1. The Labute approximate surface area is 112 Å². The SMILES string of the molecule is CCCN(CC)CCNC(C)C(=O)N1CCCC1. The van der Waals surface area contributed by atoms with E-state index in [0.29, 0.717) is 0 Å². The summed E-state index contributed by atoms with van der Waals surface area (Å²) in [6, 6.07) is -0.0385. The van der Waals surface area contributed by atoms with Crippen LogP contribution in [0, 0.1) is 0 Å². The highest BCUT2D eigenvalue weighted by atomic mass is 16.2. The molecule has 0 bridgehead atoms. The molecule has 0 aliphatic carbocycles. The van der Waals surface area contributed by atoms with Crippen LogP contribution in [-0.4, -0.2) is 61.0 Å². The number of carbonyl (C=O) groups excluding carboxylic acids is 1. The zero-order chi connectivity index (χ0) is 13.4. The zero-order valence-corrected chi connectivity index (χ0v) is 12.2. The van der Waals surface area contributed by atoms with Gasteiger partial charge in [0.25, 0.3) is 0 Å². The van der Waals surface area contributed by atoms with Crippen molar-refractivity contribution in [1.29, 1.82) is 0 Å². The van der Waals surface area contributed by atoms with Gasteiger partial charge in [0.15, 0.2) is 0 Å². The fourth-order valence-corrected chi connectivity index (χ4v) is 2.48. The van der Waals surface area contributed by atoms with Crippen molar-refractivity contribution in [1.82, 2.24) is 15.1 Å². The molecule has 0 aromatic carbocycles. The highest BCUT2D eigenvalue weighted by molar-refractivity contribution is 5.81. The van der Waals surface area contributed by atoms with Gasteiger partial charge in [-0.2, -0.15) is 0 Å². The van der Waals surface area contributed by atoms with Crippen molar-refractivity contribution in [3.8, 4) is 0 Å². The number of likely N-dealkylation sites (N-methyl/N-ethyl adjacent to an activating group) is 1. The second kappa shape index (κ2) is 8.48. The van der Waals surface area contributed by atoms with Crippen molar-refractivity contribution in [3.63, 3.8) is 0 Å². The fraction of sp³-hybridized carbons (Fsp3) is 0.929. The fourth-order valence-electron chi connectivity index (χ4n) is 2.48. The van der Waals surface area contributed by atoms with Gasteiger partial charge < -0.3 is 15.1 Å². The van der Waals surface area contributed by atoms with E-state index in [1.807, 2.05) is 11.8 Å². The van der Waals surface area contributed by atoms with Gasteiger partial charge in [-0.15, -0.1) is 0 Å². The summed E-state index contributed by atoms with van der Waals surface area (Å²) in [5.41, 5.74) is 0. The number of carbonyl (C=O) groups is 1. The van der Waals surface area contributed by atoms with Crippen LogP contribution in [0.1, 0.15) is 40.0 Å². The van der Waals surface area contributed by atoms with Gasteiger partial charge in [-0.1, -0.05) is 13.8 Å². The first-order chi connectivity index (χ1) is 8.69. The molecule has 4 nitrogen and oxygen atoms in total. The molecule has 0 saturated carbocycles. The molecule has 1 fully saturated rings. The molecule has 1 amide bonds. The summed E-state index contributed by atoms with van der Waals surface area (Å²) in [7, 11) is 0. The lowest BCUT2D eigenvalue weighted by molar-refractivity contribution is -0.131. The number of nitrogens with zero attached hydrogens (tertiary/aromatic N) is 2. The van der Waals surface area contributed by atoms with Crippen LogP contribution in [0.15, 0.2) is 0 Å². The maximum Gasteiger partial charge on any atom is 0.239 e. The van der Waals surface area contributed by atoms with Crippen LogP contribution in [0.4, 0.5) is 0 Å². The van der Waals surface area contributed by atoms with Gasteiger partial charge >= 0.3 is 0 Å². The average molecular weight is 255 g/mol. The van der Waals surface area contributed by atoms with E-state index in [2.05, 4.69) is 24.1 Å². The van der Waals surface area contributed by atoms with E-state index in [9.17, 15) is 4.79 Å². The van der Waals surface area contributed by atoms with Crippen molar-refractivity contribution in [2.24, 2.45) is 0 Å². The molecular formula is C14H29N3O. The Bertz CT molecular complexity index is 239. The average Bonchev–Trinajstić information content (AvgIpc) is 2.90. The molecule has 1 N–H and O–H groups in total. The Morgan fingerprint density at radius 1 is 1.28 bits per heavy atom. The maximum absolute atomic E-state index is 12.1. The summed E-state index contributed by atoms with van der Waals surface area (Å²) in [6.07, 6.45) is 3.52. The Balaban J connectivity index is 2.19. The largest absolute Gasteiger partial charge is 0.341 e. The third-order valence-electron chi connectivity index (χ3n) is 3.65. The predicted molar refractivity (Wildman–Crippen MR) is 75.7 cm³/mol. The van der Waals surface area contributed by atoms with Gasteiger partial charge in [0.05, 0.1) is 6.04 Å². The molecule has 1 rings (SSSR count). The van der Waals surface area contributed by atoms with Crippen LogP contribution >= 0.6 is 0 Å². The van der Waals surface area contributed by atoms with Crippen molar-refractivity contribution < 1.29 is 4.79 Å². The minimum absolute atomic E-state index is 0.0385. The minimum Gasteiger partial charge on any atom is -0.341 e. The standard InChI is InChI=1S/C14H29N3O/c1-4-9-16(5-2)12-8-15-13(3)14(18)17-10-6-7-11-17/h13,15H,4-12H2,1-3H3. The number of hydrogen-bond donors (Lipinski definition) is 1. The van der Waals surface area contributed by atoms with Gasteiger partial charge in [-0.25, -0.2) is 0 Å². The summed E-state index contributed by atoms with van der Waals surface area (Å²) in [5.74, 6) is 0.269. The van der Waals surface area contributed by atoms with Crippen LogP contribution in [0.2, 0.25) is 0 Å². The Hall–Kier alpha value is -0.610. The molecule has 0 aromatic rings. The van der Waals surface area contributed by atoms with Crippen LogP contribution in [0.5, 0.6) is 0 Å². The van der Waals surface area contributed by atoms with Crippen LogP contribution in [0.3, 0.4) is 0 Å². The second-order valence-electron chi connectivity index (χ2n) is 5.14. The van der Waals surface area contributed by atoms with Crippen LogP contribution in [0.25, 0.3) is 0 Å². The molecule has 1 unspecified atom stereocenters. The Morgan fingerprint density at radius 3 is 2.50 bits per heavy atom. The Morgan fingerprint density at radius 2 is 1.94 bits per heavy atom. The van der Waals surface area contributed by atoms with Gasteiger partial charge in [-0.3, -0.25) is 4.79 Å². The highest BCUT2D eigenvalue weighted by Crippen LogP contribution is 2.08. The van der Waals surface area contributed by atoms with Crippen molar-refractivity contribution in [3.05, 3.63) is 0 Å². The molecule has 1 atom stereocenters. The summed E-state index contributed by atoms with van der Waals surface area (Å²) in [4.78, 5) is 16.5. The smallest absolute Gasteiger partial charge is 0.239 e. The van der Waals surface area contributed by atoms with E-state index in [4.69, 9.17) is 0 Å².